The molecule has 3 aliphatic rings. The van der Waals surface area contributed by atoms with Crippen LogP contribution < -0.4 is 0 Å². The molecule has 1 aliphatic carbocycles. The fraction of sp³-hybridized carbons (Fsp3) is 1.00. The van der Waals surface area contributed by atoms with Crippen LogP contribution >= 0.6 is 0 Å². The van der Waals surface area contributed by atoms with Gasteiger partial charge in [0.25, 0.3) is 0 Å². The molecule has 3 fully saturated rings. The highest BCUT2D eigenvalue weighted by molar-refractivity contribution is 6.04. The Morgan fingerprint density at radius 1 is 0.667 bits per heavy atom. The summed E-state index contributed by atoms with van der Waals surface area (Å²) in [5.41, 5.74) is 0. The van der Waals surface area contributed by atoms with Crippen molar-refractivity contribution in [3.8, 4) is 0 Å². The van der Waals surface area contributed by atoms with Crippen molar-refractivity contribution < 1.29 is 0 Å². The molecule has 0 aromatic heterocycles. The second-order valence-electron chi connectivity index (χ2n) is 8.02. The Bertz CT molecular complexity index is 296. The molecule has 0 amide bonds. The maximum absolute atomic E-state index is 5.98. The number of hydrogen-bond acceptors (Lipinski definition) is 2. The van der Waals surface area contributed by atoms with Crippen LogP contribution in [0.5, 0.6) is 0 Å². The minimum atomic E-state index is 0.863. The SMILES string of the molecule is [B]N1CCCC(CC2CCC(CC3CCCN([B])C3)C2)C1. The van der Waals surface area contributed by atoms with E-state index in [0.29, 0.717) is 0 Å². The third kappa shape index (κ3) is 4.76. The molecule has 2 saturated heterocycles. The van der Waals surface area contributed by atoms with Gasteiger partial charge in [0, 0.05) is 0 Å². The van der Waals surface area contributed by atoms with Gasteiger partial charge < -0.3 is 9.62 Å². The fourth-order valence-electron chi connectivity index (χ4n) is 5.13. The summed E-state index contributed by atoms with van der Waals surface area (Å²) in [5, 5.41) is 0. The number of piperidine rings is 2. The fourth-order valence-corrected chi connectivity index (χ4v) is 5.13. The highest BCUT2D eigenvalue weighted by Crippen LogP contribution is 2.40. The molecule has 4 radical (unpaired) electrons. The Morgan fingerprint density at radius 2 is 1.14 bits per heavy atom. The van der Waals surface area contributed by atoms with Crippen molar-refractivity contribution >= 4 is 16.0 Å². The maximum Gasteiger partial charge on any atom is 0.182 e. The zero-order valence-corrected chi connectivity index (χ0v) is 13.6. The third-order valence-corrected chi connectivity index (χ3v) is 6.08. The topological polar surface area (TPSA) is 6.48 Å². The number of hydrogen-bond donors (Lipinski definition) is 0. The largest absolute Gasteiger partial charge is 0.353 e. The van der Waals surface area contributed by atoms with E-state index in [9.17, 15) is 0 Å². The van der Waals surface area contributed by atoms with Gasteiger partial charge in [-0.15, -0.1) is 0 Å². The summed E-state index contributed by atoms with van der Waals surface area (Å²) in [5.74, 6) is 3.68. The van der Waals surface area contributed by atoms with Crippen molar-refractivity contribution in [3.05, 3.63) is 0 Å². The lowest BCUT2D eigenvalue weighted by Gasteiger charge is -2.32. The summed E-state index contributed by atoms with van der Waals surface area (Å²) in [6.07, 6.45) is 12.7. The van der Waals surface area contributed by atoms with E-state index in [0.717, 1.165) is 49.9 Å². The summed E-state index contributed by atoms with van der Waals surface area (Å²) in [4.78, 5) is 4.08. The van der Waals surface area contributed by atoms with Gasteiger partial charge in [0.2, 0.25) is 0 Å². The molecule has 0 N–H and O–H groups in total. The molecule has 2 aliphatic heterocycles. The molecule has 4 unspecified atom stereocenters. The minimum absolute atomic E-state index is 0.863. The smallest absolute Gasteiger partial charge is 0.182 e. The maximum atomic E-state index is 5.98. The first-order valence-electron chi connectivity index (χ1n) is 9.18. The Morgan fingerprint density at radius 3 is 1.57 bits per heavy atom. The Kier molecular flexibility index (Phi) is 5.72. The van der Waals surface area contributed by atoms with Crippen molar-refractivity contribution in [2.75, 3.05) is 26.2 Å². The first kappa shape index (κ1) is 15.9. The molecule has 2 nitrogen and oxygen atoms in total. The summed E-state index contributed by atoms with van der Waals surface area (Å²) in [7, 11) is 12.0. The van der Waals surface area contributed by atoms with Crippen LogP contribution in [-0.2, 0) is 0 Å². The summed E-state index contributed by atoms with van der Waals surface area (Å²) in [6, 6.07) is 0. The van der Waals surface area contributed by atoms with Gasteiger partial charge in [-0.1, -0.05) is 12.8 Å². The first-order valence-corrected chi connectivity index (χ1v) is 9.18. The van der Waals surface area contributed by atoms with Crippen LogP contribution in [0.2, 0.25) is 0 Å². The molecule has 0 spiro atoms. The lowest BCUT2D eigenvalue weighted by molar-refractivity contribution is 0.221. The third-order valence-electron chi connectivity index (χ3n) is 6.08. The van der Waals surface area contributed by atoms with Crippen LogP contribution in [-0.4, -0.2) is 51.8 Å². The number of nitrogens with zero attached hydrogens (tertiary/aromatic N) is 2. The molecular weight excluding hydrogens is 254 g/mol. The predicted molar refractivity (Wildman–Crippen MR) is 90.2 cm³/mol. The zero-order valence-electron chi connectivity index (χ0n) is 13.6. The van der Waals surface area contributed by atoms with Crippen molar-refractivity contribution in [2.24, 2.45) is 23.7 Å². The molecule has 4 heteroatoms. The van der Waals surface area contributed by atoms with Crippen molar-refractivity contribution in [3.63, 3.8) is 0 Å². The number of rotatable bonds is 4. The van der Waals surface area contributed by atoms with Gasteiger partial charge in [0.05, 0.1) is 0 Å². The van der Waals surface area contributed by atoms with E-state index in [1.165, 1.54) is 57.8 Å². The van der Waals surface area contributed by atoms with E-state index in [4.69, 9.17) is 16.0 Å². The van der Waals surface area contributed by atoms with E-state index in [1.54, 1.807) is 0 Å². The molecule has 21 heavy (non-hydrogen) atoms. The highest BCUT2D eigenvalue weighted by Gasteiger charge is 2.30. The quantitative estimate of drug-likeness (QED) is 0.732. The van der Waals surface area contributed by atoms with E-state index in [-0.39, 0.29) is 0 Å². The van der Waals surface area contributed by atoms with E-state index < -0.39 is 0 Å². The molecule has 3 rings (SSSR count). The second-order valence-corrected chi connectivity index (χ2v) is 8.02. The zero-order chi connectivity index (χ0) is 14.7. The predicted octanol–water partition coefficient (Wildman–Crippen LogP) is 2.77. The minimum Gasteiger partial charge on any atom is -0.353 e. The average molecular weight is 284 g/mol. The lowest BCUT2D eigenvalue weighted by Crippen LogP contribution is -2.34. The van der Waals surface area contributed by atoms with Crippen LogP contribution in [0.4, 0.5) is 0 Å². The van der Waals surface area contributed by atoms with Gasteiger partial charge in [0.15, 0.2) is 16.0 Å². The van der Waals surface area contributed by atoms with Crippen LogP contribution in [0.25, 0.3) is 0 Å². The Hall–Kier alpha value is 0.0499. The van der Waals surface area contributed by atoms with E-state index in [1.807, 2.05) is 9.62 Å². The molecule has 1 saturated carbocycles. The van der Waals surface area contributed by atoms with Crippen LogP contribution in [0.3, 0.4) is 0 Å². The Labute approximate surface area is 133 Å². The first-order chi connectivity index (χ1) is 10.2. The van der Waals surface area contributed by atoms with Crippen molar-refractivity contribution in [2.45, 2.75) is 57.8 Å². The van der Waals surface area contributed by atoms with Gasteiger partial charge in [-0.2, -0.15) is 0 Å². The van der Waals surface area contributed by atoms with Gasteiger partial charge >= 0.3 is 0 Å². The van der Waals surface area contributed by atoms with Crippen molar-refractivity contribution in [1.29, 1.82) is 0 Å². The average Bonchev–Trinajstić information content (AvgIpc) is 2.86. The van der Waals surface area contributed by atoms with Gasteiger partial charge in [-0.05, 0) is 94.8 Å². The van der Waals surface area contributed by atoms with Gasteiger partial charge in [-0.25, -0.2) is 0 Å². The van der Waals surface area contributed by atoms with E-state index >= 15 is 0 Å². The van der Waals surface area contributed by atoms with Gasteiger partial charge in [0.1, 0.15) is 0 Å². The molecule has 0 bridgehead atoms. The second kappa shape index (κ2) is 7.55. The van der Waals surface area contributed by atoms with E-state index in [2.05, 4.69) is 0 Å². The van der Waals surface area contributed by atoms with Gasteiger partial charge in [-0.3, -0.25) is 0 Å². The molecule has 114 valence electrons. The highest BCUT2D eigenvalue weighted by atomic mass is 15.0. The molecule has 0 aromatic rings. The molecular formula is C17H30B2N2. The summed E-state index contributed by atoms with van der Waals surface area (Å²) in [6.45, 7) is 4.46. The molecule has 0 aromatic carbocycles. The van der Waals surface area contributed by atoms with Crippen LogP contribution in [0.1, 0.15) is 57.8 Å². The summed E-state index contributed by atoms with van der Waals surface area (Å²) >= 11 is 0. The standard InChI is InChI=1S/C17H30B2N2/c18-20-7-1-3-16(12-20)10-14-5-6-15(9-14)11-17-4-2-8-21(19)13-17/h14-17H,1-13H2. The lowest BCUT2D eigenvalue weighted by atomic mass is 9.84. The molecule has 2 heterocycles. The van der Waals surface area contributed by atoms with Crippen molar-refractivity contribution in [1.82, 2.24) is 9.62 Å². The molecule has 4 atom stereocenters. The van der Waals surface area contributed by atoms with Crippen LogP contribution in [0.15, 0.2) is 0 Å². The monoisotopic (exact) mass is 284 g/mol. The Balaban J connectivity index is 1.38. The summed E-state index contributed by atoms with van der Waals surface area (Å²) < 4.78 is 0. The van der Waals surface area contributed by atoms with Crippen LogP contribution in [0, 0.1) is 23.7 Å². The normalized spacial score (nSPS) is 39.6.